The van der Waals surface area contributed by atoms with Crippen molar-refractivity contribution in [2.24, 2.45) is 0 Å². The first-order valence-electron chi connectivity index (χ1n) is 13.7. The van der Waals surface area contributed by atoms with E-state index in [9.17, 15) is 5.11 Å². The van der Waals surface area contributed by atoms with Crippen molar-refractivity contribution in [3.05, 3.63) is 132 Å². The summed E-state index contributed by atoms with van der Waals surface area (Å²) in [5.74, 6) is 0. The van der Waals surface area contributed by atoms with Crippen LogP contribution in [0.5, 0.6) is 0 Å². The molecule has 4 aromatic carbocycles. The summed E-state index contributed by atoms with van der Waals surface area (Å²) in [7, 11) is -2.76. The van der Waals surface area contributed by atoms with Crippen molar-refractivity contribution in [3.63, 3.8) is 0 Å². The SMILES string of the molecule is CC(C)(C)[Si](OC[C@@H](O)[C@@H](COCc1ccccc1)NCc1ccccc1)(c1ccccc1)c1ccccc1. The maximum atomic E-state index is 11.6. The van der Waals surface area contributed by atoms with Gasteiger partial charge in [-0.15, -0.1) is 0 Å². The van der Waals surface area contributed by atoms with Crippen molar-refractivity contribution in [2.75, 3.05) is 13.2 Å². The second-order valence-electron chi connectivity index (χ2n) is 11.0. The predicted octanol–water partition coefficient (Wildman–Crippen LogP) is 5.30. The molecule has 0 bridgehead atoms. The second kappa shape index (κ2) is 13.8. The third-order valence-corrected chi connectivity index (χ3v) is 12.2. The highest BCUT2D eigenvalue weighted by molar-refractivity contribution is 6.99. The highest BCUT2D eigenvalue weighted by Gasteiger charge is 2.50. The first-order chi connectivity index (χ1) is 18.9. The molecule has 0 unspecified atom stereocenters. The number of ether oxygens (including phenoxy) is 1. The molecule has 0 aliphatic heterocycles. The number of benzene rings is 4. The highest BCUT2D eigenvalue weighted by Crippen LogP contribution is 2.36. The van der Waals surface area contributed by atoms with Gasteiger partial charge >= 0.3 is 0 Å². The lowest BCUT2D eigenvalue weighted by Gasteiger charge is -2.43. The average Bonchev–Trinajstić information content (AvgIpc) is 2.96. The van der Waals surface area contributed by atoms with Crippen molar-refractivity contribution in [1.29, 1.82) is 0 Å². The van der Waals surface area contributed by atoms with Crippen LogP contribution in [0.3, 0.4) is 0 Å². The fraction of sp³-hybridized carbons (Fsp3) is 0.294. The summed E-state index contributed by atoms with van der Waals surface area (Å²) in [6, 6.07) is 41.1. The van der Waals surface area contributed by atoms with Gasteiger partial charge in [0.2, 0.25) is 0 Å². The Kier molecular flexibility index (Phi) is 10.3. The van der Waals surface area contributed by atoms with E-state index in [1.54, 1.807) is 0 Å². The van der Waals surface area contributed by atoms with Gasteiger partial charge in [-0.25, -0.2) is 0 Å². The van der Waals surface area contributed by atoms with Gasteiger partial charge < -0.3 is 19.6 Å². The summed E-state index contributed by atoms with van der Waals surface area (Å²) in [5, 5.41) is 17.3. The average molecular weight is 540 g/mol. The summed E-state index contributed by atoms with van der Waals surface area (Å²) >= 11 is 0. The molecule has 0 saturated carbocycles. The Morgan fingerprint density at radius 2 is 1.13 bits per heavy atom. The zero-order valence-electron chi connectivity index (χ0n) is 23.3. The monoisotopic (exact) mass is 539 g/mol. The van der Waals surface area contributed by atoms with Crippen LogP contribution < -0.4 is 15.7 Å². The Labute approximate surface area is 234 Å². The molecule has 0 spiro atoms. The lowest BCUT2D eigenvalue weighted by Crippen LogP contribution is -2.67. The van der Waals surface area contributed by atoms with Crippen LogP contribution in [0.15, 0.2) is 121 Å². The van der Waals surface area contributed by atoms with E-state index in [-0.39, 0.29) is 17.7 Å². The Balaban J connectivity index is 1.55. The van der Waals surface area contributed by atoms with Gasteiger partial charge in [-0.3, -0.25) is 0 Å². The number of nitrogens with one attached hydrogen (secondary N) is 1. The summed E-state index contributed by atoms with van der Waals surface area (Å²) in [6.07, 6.45) is -0.758. The first-order valence-corrected chi connectivity index (χ1v) is 15.6. The molecule has 0 heterocycles. The van der Waals surface area contributed by atoms with Gasteiger partial charge in [0.1, 0.15) is 0 Å². The van der Waals surface area contributed by atoms with E-state index in [1.165, 1.54) is 10.4 Å². The van der Waals surface area contributed by atoms with Crippen LogP contribution in [0.25, 0.3) is 0 Å². The van der Waals surface area contributed by atoms with E-state index >= 15 is 0 Å². The fourth-order valence-electron chi connectivity index (χ4n) is 5.12. The van der Waals surface area contributed by atoms with Crippen LogP contribution in [0, 0.1) is 0 Å². The van der Waals surface area contributed by atoms with Gasteiger partial charge in [-0.1, -0.05) is 142 Å². The number of hydrogen-bond acceptors (Lipinski definition) is 4. The number of hydrogen-bond donors (Lipinski definition) is 2. The molecule has 0 aliphatic carbocycles. The third kappa shape index (κ3) is 7.53. The van der Waals surface area contributed by atoms with E-state index in [0.717, 1.165) is 11.1 Å². The molecule has 0 saturated heterocycles. The topological polar surface area (TPSA) is 50.7 Å². The lowest BCUT2D eigenvalue weighted by molar-refractivity contribution is 0.0167. The quantitative estimate of drug-likeness (QED) is 0.227. The minimum atomic E-state index is -2.76. The molecule has 0 fully saturated rings. The number of rotatable bonds is 13. The molecule has 5 heteroatoms. The molecular formula is C34H41NO3Si. The third-order valence-electron chi connectivity index (χ3n) is 7.17. The van der Waals surface area contributed by atoms with Crippen molar-refractivity contribution >= 4 is 18.7 Å². The molecule has 4 nitrogen and oxygen atoms in total. The summed E-state index contributed by atoms with van der Waals surface area (Å²) in [4.78, 5) is 0. The Morgan fingerprint density at radius 1 is 0.667 bits per heavy atom. The molecule has 39 heavy (non-hydrogen) atoms. The van der Waals surface area contributed by atoms with E-state index < -0.39 is 14.4 Å². The predicted molar refractivity (Wildman–Crippen MR) is 163 cm³/mol. The Hall–Kier alpha value is -3.06. The normalized spacial score (nSPS) is 13.6. The summed E-state index contributed by atoms with van der Waals surface area (Å²) in [6.45, 7) is 8.45. The van der Waals surface area contributed by atoms with Gasteiger partial charge in [0.15, 0.2) is 0 Å². The van der Waals surface area contributed by atoms with Gasteiger partial charge in [0, 0.05) is 6.54 Å². The molecule has 0 aromatic heterocycles. The zero-order valence-corrected chi connectivity index (χ0v) is 24.3. The van der Waals surface area contributed by atoms with E-state index in [4.69, 9.17) is 9.16 Å². The summed E-state index contributed by atoms with van der Waals surface area (Å²) < 4.78 is 13.1. The minimum Gasteiger partial charge on any atom is -0.405 e. The Bertz CT molecular complexity index is 1190. The van der Waals surface area contributed by atoms with Gasteiger partial charge in [0.25, 0.3) is 8.32 Å². The van der Waals surface area contributed by atoms with Gasteiger partial charge in [-0.2, -0.15) is 0 Å². The summed E-state index contributed by atoms with van der Waals surface area (Å²) in [5.41, 5.74) is 2.27. The molecule has 0 radical (unpaired) electrons. The minimum absolute atomic E-state index is 0.161. The van der Waals surface area contributed by atoms with Crippen LogP contribution >= 0.6 is 0 Å². The maximum absolute atomic E-state index is 11.6. The van der Waals surface area contributed by atoms with Crippen molar-refractivity contribution in [1.82, 2.24) is 5.32 Å². The Morgan fingerprint density at radius 3 is 1.62 bits per heavy atom. The van der Waals surface area contributed by atoms with Crippen LogP contribution in [0.4, 0.5) is 0 Å². The standard InChI is InChI=1S/C34H41NO3Si/c1-34(2,3)39(30-20-12-6-13-21-30,31-22-14-7-15-23-31)38-27-33(36)32(35-24-28-16-8-4-9-17-28)26-37-25-29-18-10-5-11-19-29/h4-23,32-33,35-36H,24-27H2,1-3H3/t32-,33-/m1/s1. The van der Waals surface area contributed by atoms with Crippen molar-refractivity contribution in [3.8, 4) is 0 Å². The van der Waals surface area contributed by atoms with Crippen LogP contribution in [-0.4, -0.2) is 38.8 Å². The maximum Gasteiger partial charge on any atom is 0.261 e. The molecule has 0 amide bonds. The fourth-order valence-corrected chi connectivity index (χ4v) is 9.69. The second-order valence-corrected chi connectivity index (χ2v) is 15.3. The molecule has 0 aliphatic rings. The molecule has 2 N–H and O–H groups in total. The van der Waals surface area contributed by atoms with Crippen LogP contribution in [0.2, 0.25) is 5.04 Å². The number of aliphatic hydroxyl groups excluding tert-OH is 1. The highest BCUT2D eigenvalue weighted by atomic mass is 28.4. The lowest BCUT2D eigenvalue weighted by atomic mass is 10.1. The first kappa shape index (κ1) is 28.9. The zero-order chi connectivity index (χ0) is 27.6. The number of aliphatic hydroxyl groups is 1. The molecule has 4 rings (SSSR count). The van der Waals surface area contributed by atoms with Crippen LogP contribution in [0.1, 0.15) is 31.9 Å². The molecular weight excluding hydrogens is 498 g/mol. The van der Waals surface area contributed by atoms with E-state index in [1.807, 2.05) is 48.5 Å². The molecule has 204 valence electrons. The van der Waals surface area contributed by atoms with E-state index in [0.29, 0.717) is 19.8 Å². The van der Waals surface area contributed by atoms with Crippen molar-refractivity contribution < 1.29 is 14.3 Å². The van der Waals surface area contributed by atoms with Gasteiger partial charge in [0.05, 0.1) is 32.0 Å². The van der Waals surface area contributed by atoms with Crippen molar-refractivity contribution in [2.45, 2.75) is 51.1 Å². The van der Waals surface area contributed by atoms with E-state index in [2.05, 4.69) is 98.9 Å². The largest absolute Gasteiger partial charge is 0.405 e. The smallest absolute Gasteiger partial charge is 0.261 e. The molecule has 4 aromatic rings. The molecule has 2 atom stereocenters. The van der Waals surface area contributed by atoms with Gasteiger partial charge in [-0.05, 0) is 26.5 Å². The van der Waals surface area contributed by atoms with Crippen LogP contribution in [-0.2, 0) is 22.3 Å².